The molecule has 0 fully saturated rings. The first-order valence-electron chi connectivity index (χ1n) is 9.52. The molecule has 1 N–H and O–H groups in total. The van der Waals surface area contributed by atoms with E-state index in [0.29, 0.717) is 22.5 Å². The number of aromatic nitrogens is 4. The minimum atomic E-state index is -0.610. The van der Waals surface area contributed by atoms with Crippen LogP contribution in [0.2, 0.25) is 0 Å². The highest BCUT2D eigenvalue weighted by atomic mass is 16.6. The number of nitrogens with zero attached hydrogens (tertiary/aromatic N) is 4. The minimum absolute atomic E-state index is 0.0194. The Bertz CT molecular complexity index is 1170. The highest BCUT2D eigenvalue weighted by molar-refractivity contribution is 5.81. The molecule has 0 bridgehead atoms. The number of rotatable bonds is 5. The lowest BCUT2D eigenvalue weighted by molar-refractivity contribution is -0.145. The third-order valence-corrected chi connectivity index (χ3v) is 4.30. The molecule has 2 aromatic heterocycles. The van der Waals surface area contributed by atoms with Gasteiger partial charge >= 0.3 is 12.1 Å². The topological polar surface area (TPSA) is 117 Å². The van der Waals surface area contributed by atoms with Crippen LogP contribution >= 0.6 is 0 Å². The minimum Gasteiger partial charge on any atom is -0.457 e. The number of carbonyl (C=O) groups excluding carboxylic acids is 2. The standard InChI is InChI=1S/C20H25N5O5/c1-12-6-7-14-13(10-12)17(27)24(5)18-23-22-15(25(14)18)11-29-16(26)8-9-21-19(28)30-20(2,3)4/h6-7,10H,8-9,11H2,1-5H3,(H,21,28). The van der Waals surface area contributed by atoms with Crippen LogP contribution in [0.1, 0.15) is 38.6 Å². The van der Waals surface area contributed by atoms with Crippen LogP contribution in [0.4, 0.5) is 4.79 Å². The van der Waals surface area contributed by atoms with Gasteiger partial charge in [-0.1, -0.05) is 11.6 Å². The molecule has 0 atom stereocenters. The summed E-state index contributed by atoms with van der Waals surface area (Å²) in [5.74, 6) is 0.240. The van der Waals surface area contributed by atoms with Crippen molar-refractivity contribution in [2.24, 2.45) is 7.05 Å². The van der Waals surface area contributed by atoms with E-state index in [-0.39, 0.29) is 25.1 Å². The van der Waals surface area contributed by atoms with E-state index in [1.807, 2.05) is 19.1 Å². The summed E-state index contributed by atoms with van der Waals surface area (Å²) in [5, 5.41) is 11.2. The molecule has 160 valence electrons. The summed E-state index contributed by atoms with van der Waals surface area (Å²) in [7, 11) is 1.62. The van der Waals surface area contributed by atoms with E-state index in [9.17, 15) is 14.4 Å². The van der Waals surface area contributed by atoms with Gasteiger partial charge in [0.1, 0.15) is 5.60 Å². The van der Waals surface area contributed by atoms with E-state index in [1.165, 1.54) is 4.57 Å². The Labute approximate surface area is 172 Å². The first kappa shape index (κ1) is 21.3. The molecule has 0 radical (unpaired) electrons. The van der Waals surface area contributed by atoms with E-state index >= 15 is 0 Å². The summed E-state index contributed by atoms with van der Waals surface area (Å²) in [5.41, 5.74) is 0.810. The van der Waals surface area contributed by atoms with Crippen LogP contribution in [0.3, 0.4) is 0 Å². The predicted octanol–water partition coefficient (Wildman–Crippen LogP) is 1.85. The molecule has 0 saturated heterocycles. The number of ether oxygens (including phenoxy) is 2. The zero-order chi connectivity index (χ0) is 22.1. The Morgan fingerprint density at radius 1 is 1.20 bits per heavy atom. The van der Waals surface area contributed by atoms with Crippen LogP contribution in [0.5, 0.6) is 0 Å². The van der Waals surface area contributed by atoms with Crippen LogP contribution in [-0.4, -0.2) is 43.4 Å². The maximum Gasteiger partial charge on any atom is 0.407 e. The molecule has 30 heavy (non-hydrogen) atoms. The fourth-order valence-corrected chi connectivity index (χ4v) is 2.95. The first-order valence-corrected chi connectivity index (χ1v) is 9.52. The predicted molar refractivity (Wildman–Crippen MR) is 109 cm³/mol. The lowest BCUT2D eigenvalue weighted by atomic mass is 10.1. The fourth-order valence-electron chi connectivity index (χ4n) is 2.95. The van der Waals surface area contributed by atoms with Gasteiger partial charge in [0, 0.05) is 13.6 Å². The van der Waals surface area contributed by atoms with Crippen molar-refractivity contribution in [1.82, 2.24) is 24.5 Å². The lowest BCUT2D eigenvalue weighted by Crippen LogP contribution is -2.33. The molecule has 10 heteroatoms. The Morgan fingerprint density at radius 2 is 1.93 bits per heavy atom. The molecule has 0 aliphatic heterocycles. The second kappa shape index (κ2) is 8.13. The van der Waals surface area contributed by atoms with Crippen LogP contribution in [0.25, 0.3) is 16.7 Å². The number of carbonyl (C=O) groups is 2. The largest absolute Gasteiger partial charge is 0.457 e. The molecule has 10 nitrogen and oxygen atoms in total. The normalized spacial score (nSPS) is 11.6. The van der Waals surface area contributed by atoms with Crippen molar-refractivity contribution in [2.75, 3.05) is 6.54 Å². The van der Waals surface area contributed by atoms with E-state index in [4.69, 9.17) is 9.47 Å². The van der Waals surface area contributed by atoms with Crippen LogP contribution in [-0.2, 0) is 27.9 Å². The Hall–Kier alpha value is -3.43. The molecule has 1 aromatic carbocycles. The van der Waals surface area contributed by atoms with E-state index in [1.54, 1.807) is 38.3 Å². The van der Waals surface area contributed by atoms with Gasteiger partial charge in [-0.05, 0) is 39.8 Å². The van der Waals surface area contributed by atoms with Gasteiger partial charge < -0.3 is 14.8 Å². The summed E-state index contributed by atoms with van der Waals surface area (Å²) >= 11 is 0. The fraction of sp³-hybridized carbons (Fsp3) is 0.450. The maximum atomic E-state index is 12.6. The molecule has 0 spiro atoms. The SMILES string of the molecule is Cc1ccc2c(c1)c(=O)n(C)c1nnc(COC(=O)CCNC(=O)OC(C)(C)C)n21. The van der Waals surface area contributed by atoms with Gasteiger partial charge in [-0.2, -0.15) is 0 Å². The molecule has 2 heterocycles. The van der Waals surface area contributed by atoms with Gasteiger partial charge in [-0.15, -0.1) is 10.2 Å². The second-order valence-corrected chi connectivity index (χ2v) is 7.98. The second-order valence-electron chi connectivity index (χ2n) is 7.98. The number of fused-ring (bicyclic) bond motifs is 3. The molecule has 1 amide bonds. The van der Waals surface area contributed by atoms with Crippen LogP contribution in [0.15, 0.2) is 23.0 Å². The van der Waals surface area contributed by atoms with Crippen molar-refractivity contribution in [2.45, 2.75) is 46.3 Å². The number of benzene rings is 1. The summed E-state index contributed by atoms with van der Waals surface area (Å²) in [6, 6.07) is 5.51. The van der Waals surface area contributed by atoms with E-state index in [2.05, 4.69) is 15.5 Å². The lowest BCUT2D eigenvalue weighted by Gasteiger charge is -2.19. The van der Waals surface area contributed by atoms with Crippen molar-refractivity contribution in [3.8, 4) is 0 Å². The quantitative estimate of drug-likeness (QED) is 0.632. The van der Waals surface area contributed by atoms with Gasteiger partial charge in [0.25, 0.3) is 5.56 Å². The summed E-state index contributed by atoms with van der Waals surface area (Å²) in [4.78, 5) is 36.2. The summed E-state index contributed by atoms with van der Waals surface area (Å²) in [6.07, 6.45) is -0.615. The summed E-state index contributed by atoms with van der Waals surface area (Å²) in [6.45, 7) is 7.14. The van der Waals surface area contributed by atoms with Crippen LogP contribution in [0, 0.1) is 6.92 Å². The smallest absolute Gasteiger partial charge is 0.407 e. The molecule has 3 rings (SSSR count). The van der Waals surface area contributed by atoms with Gasteiger partial charge in [-0.3, -0.25) is 18.6 Å². The first-order chi connectivity index (χ1) is 14.1. The number of aryl methyl sites for hydroxylation is 2. The summed E-state index contributed by atoms with van der Waals surface area (Å²) < 4.78 is 13.5. The van der Waals surface area contributed by atoms with Crippen molar-refractivity contribution in [1.29, 1.82) is 0 Å². The number of esters is 1. The molecule has 3 aromatic rings. The maximum absolute atomic E-state index is 12.6. The molecule has 0 unspecified atom stereocenters. The number of alkyl carbamates (subject to hydrolysis) is 1. The number of hydrogen-bond acceptors (Lipinski definition) is 7. The number of hydrogen-bond donors (Lipinski definition) is 1. The molecule has 0 saturated carbocycles. The number of nitrogens with one attached hydrogen (secondary N) is 1. The molecular weight excluding hydrogens is 390 g/mol. The van der Waals surface area contributed by atoms with Gasteiger partial charge in [-0.25, -0.2) is 4.79 Å². The van der Waals surface area contributed by atoms with E-state index in [0.717, 1.165) is 5.56 Å². The van der Waals surface area contributed by atoms with Gasteiger partial charge in [0.05, 0.1) is 17.3 Å². The van der Waals surface area contributed by atoms with Crippen molar-refractivity contribution in [3.63, 3.8) is 0 Å². The average molecular weight is 415 g/mol. The molecular formula is C20H25N5O5. The Morgan fingerprint density at radius 3 is 2.63 bits per heavy atom. The Balaban J connectivity index is 1.70. The van der Waals surface area contributed by atoms with Gasteiger partial charge in [0.2, 0.25) is 5.78 Å². The monoisotopic (exact) mass is 415 g/mol. The average Bonchev–Trinajstić information content (AvgIpc) is 3.07. The third-order valence-electron chi connectivity index (χ3n) is 4.30. The van der Waals surface area contributed by atoms with Crippen molar-refractivity contribution < 1.29 is 19.1 Å². The molecule has 0 aliphatic rings. The van der Waals surface area contributed by atoms with Crippen LogP contribution < -0.4 is 10.9 Å². The highest BCUT2D eigenvalue weighted by Crippen LogP contribution is 2.16. The van der Waals surface area contributed by atoms with Crippen molar-refractivity contribution in [3.05, 3.63) is 39.9 Å². The van der Waals surface area contributed by atoms with E-state index < -0.39 is 17.7 Å². The zero-order valence-electron chi connectivity index (χ0n) is 17.7. The zero-order valence-corrected chi connectivity index (χ0v) is 17.7. The third kappa shape index (κ3) is 4.58. The van der Waals surface area contributed by atoms with Gasteiger partial charge in [0.15, 0.2) is 12.4 Å². The van der Waals surface area contributed by atoms with Crippen molar-refractivity contribution >= 4 is 28.7 Å². The Kier molecular flexibility index (Phi) is 5.77. The highest BCUT2D eigenvalue weighted by Gasteiger charge is 2.18. The molecule has 0 aliphatic carbocycles. The number of amides is 1.